The van der Waals surface area contributed by atoms with Crippen molar-refractivity contribution < 1.29 is 19.0 Å². The Bertz CT molecular complexity index is 637. The second-order valence-electron chi connectivity index (χ2n) is 5.26. The molecule has 0 saturated heterocycles. The van der Waals surface area contributed by atoms with Crippen molar-refractivity contribution >= 4 is 5.91 Å². The molecule has 2 aromatic carbocycles. The average molecular weight is 329 g/mol. The van der Waals surface area contributed by atoms with Crippen molar-refractivity contribution in [2.24, 2.45) is 0 Å². The van der Waals surface area contributed by atoms with E-state index in [0.717, 1.165) is 17.1 Å². The van der Waals surface area contributed by atoms with E-state index in [1.807, 2.05) is 31.2 Å². The van der Waals surface area contributed by atoms with Gasteiger partial charge in [-0.15, -0.1) is 0 Å². The highest BCUT2D eigenvalue weighted by Gasteiger charge is 2.18. The van der Waals surface area contributed by atoms with Gasteiger partial charge in [0.05, 0.1) is 14.2 Å². The first kappa shape index (κ1) is 17.7. The molecule has 0 spiro atoms. The lowest BCUT2D eigenvalue weighted by molar-refractivity contribution is -0.128. The topological polar surface area (TPSA) is 56.8 Å². The van der Waals surface area contributed by atoms with Crippen molar-refractivity contribution in [2.45, 2.75) is 26.0 Å². The molecule has 2 aromatic rings. The smallest absolute Gasteiger partial charge is 0.261 e. The quantitative estimate of drug-likeness (QED) is 0.808. The maximum Gasteiger partial charge on any atom is 0.261 e. The number of benzene rings is 2. The fourth-order valence-corrected chi connectivity index (χ4v) is 2.19. The maximum atomic E-state index is 12.3. The Morgan fingerprint density at radius 1 is 0.917 bits per heavy atom. The SMILES string of the molecule is CC[C@@H](Oc1ccc(OC)cc1)C(=O)NCc1ccc(OC)cc1. The molecule has 0 saturated carbocycles. The Hall–Kier alpha value is -2.69. The standard InChI is InChI=1S/C19H23NO4/c1-4-18(24-17-11-9-16(23-3)10-12-17)19(21)20-13-14-5-7-15(22-2)8-6-14/h5-12,18H,4,13H2,1-3H3,(H,20,21)/t18-/m1/s1. The van der Waals surface area contributed by atoms with Crippen LogP contribution in [0.1, 0.15) is 18.9 Å². The third-order valence-corrected chi connectivity index (χ3v) is 3.63. The van der Waals surface area contributed by atoms with Gasteiger partial charge in [-0.05, 0) is 48.4 Å². The molecule has 0 heterocycles. The fraction of sp³-hybridized carbons (Fsp3) is 0.316. The summed E-state index contributed by atoms with van der Waals surface area (Å²) in [6.45, 7) is 2.37. The van der Waals surface area contributed by atoms with Gasteiger partial charge in [0.15, 0.2) is 6.10 Å². The van der Waals surface area contributed by atoms with Crippen LogP contribution in [0.25, 0.3) is 0 Å². The van der Waals surface area contributed by atoms with Crippen LogP contribution < -0.4 is 19.5 Å². The summed E-state index contributed by atoms with van der Waals surface area (Å²) in [6.07, 6.45) is 0.0529. The van der Waals surface area contributed by atoms with Gasteiger partial charge in [-0.1, -0.05) is 19.1 Å². The van der Waals surface area contributed by atoms with E-state index in [9.17, 15) is 4.79 Å². The lowest BCUT2D eigenvalue weighted by Crippen LogP contribution is -2.37. The van der Waals surface area contributed by atoms with Gasteiger partial charge in [0.1, 0.15) is 17.2 Å². The highest BCUT2D eigenvalue weighted by Crippen LogP contribution is 2.19. The first-order valence-corrected chi connectivity index (χ1v) is 7.87. The molecule has 0 aliphatic carbocycles. The molecule has 0 bridgehead atoms. The summed E-state index contributed by atoms with van der Waals surface area (Å²) in [7, 11) is 3.23. The summed E-state index contributed by atoms with van der Waals surface area (Å²) in [6, 6.07) is 14.8. The minimum absolute atomic E-state index is 0.135. The van der Waals surface area contributed by atoms with Crippen molar-refractivity contribution in [1.29, 1.82) is 0 Å². The van der Waals surface area contributed by atoms with E-state index in [2.05, 4.69) is 5.32 Å². The number of carbonyl (C=O) groups excluding carboxylic acids is 1. The monoisotopic (exact) mass is 329 g/mol. The van der Waals surface area contributed by atoms with E-state index in [0.29, 0.717) is 18.7 Å². The van der Waals surface area contributed by atoms with E-state index in [1.54, 1.807) is 38.5 Å². The van der Waals surface area contributed by atoms with Gasteiger partial charge in [0.25, 0.3) is 5.91 Å². The first-order valence-electron chi connectivity index (χ1n) is 7.87. The number of amides is 1. The molecule has 24 heavy (non-hydrogen) atoms. The minimum atomic E-state index is -0.531. The molecule has 0 aliphatic heterocycles. The number of carbonyl (C=O) groups is 1. The van der Waals surface area contributed by atoms with E-state index < -0.39 is 6.10 Å². The molecule has 0 radical (unpaired) electrons. The molecule has 5 nitrogen and oxygen atoms in total. The van der Waals surface area contributed by atoms with Crippen LogP contribution >= 0.6 is 0 Å². The van der Waals surface area contributed by atoms with Gasteiger partial charge in [-0.3, -0.25) is 4.79 Å². The van der Waals surface area contributed by atoms with Gasteiger partial charge >= 0.3 is 0 Å². The van der Waals surface area contributed by atoms with Crippen LogP contribution in [0.3, 0.4) is 0 Å². The fourth-order valence-electron chi connectivity index (χ4n) is 2.19. The van der Waals surface area contributed by atoms with Crippen LogP contribution in [0.2, 0.25) is 0 Å². The Morgan fingerprint density at radius 2 is 1.42 bits per heavy atom. The zero-order valence-corrected chi connectivity index (χ0v) is 14.2. The molecule has 1 N–H and O–H groups in total. The lowest BCUT2D eigenvalue weighted by atomic mass is 10.2. The minimum Gasteiger partial charge on any atom is -0.497 e. The van der Waals surface area contributed by atoms with Gasteiger partial charge in [0, 0.05) is 6.54 Å². The molecule has 2 rings (SSSR count). The molecular formula is C19H23NO4. The normalized spacial score (nSPS) is 11.5. The summed E-state index contributed by atoms with van der Waals surface area (Å²) < 4.78 is 16.0. The number of hydrogen-bond donors (Lipinski definition) is 1. The highest BCUT2D eigenvalue weighted by atomic mass is 16.5. The van der Waals surface area contributed by atoms with Crippen LogP contribution in [0.5, 0.6) is 17.2 Å². The predicted octanol–water partition coefficient (Wildman–Crippen LogP) is 3.18. The van der Waals surface area contributed by atoms with Gasteiger partial charge < -0.3 is 19.5 Å². The Morgan fingerprint density at radius 3 is 1.92 bits per heavy atom. The van der Waals surface area contributed by atoms with Crippen molar-refractivity contribution in [3.8, 4) is 17.2 Å². The molecule has 128 valence electrons. The van der Waals surface area contributed by atoms with Crippen LogP contribution in [-0.4, -0.2) is 26.2 Å². The van der Waals surface area contributed by atoms with E-state index in [1.165, 1.54) is 0 Å². The molecule has 5 heteroatoms. The number of nitrogens with one attached hydrogen (secondary N) is 1. The maximum absolute atomic E-state index is 12.3. The Labute approximate surface area is 142 Å². The largest absolute Gasteiger partial charge is 0.497 e. The third kappa shape index (κ3) is 4.91. The Kier molecular flexibility index (Phi) is 6.49. The summed E-state index contributed by atoms with van der Waals surface area (Å²) >= 11 is 0. The number of hydrogen-bond acceptors (Lipinski definition) is 4. The summed E-state index contributed by atoms with van der Waals surface area (Å²) in [5, 5.41) is 2.90. The highest BCUT2D eigenvalue weighted by molar-refractivity contribution is 5.81. The van der Waals surface area contributed by atoms with Crippen molar-refractivity contribution in [3.63, 3.8) is 0 Å². The van der Waals surface area contributed by atoms with Crippen LogP contribution in [-0.2, 0) is 11.3 Å². The second kappa shape index (κ2) is 8.82. The zero-order chi connectivity index (χ0) is 17.4. The summed E-state index contributed by atoms with van der Waals surface area (Å²) in [5.41, 5.74) is 1.00. The molecule has 0 unspecified atom stereocenters. The predicted molar refractivity (Wildman–Crippen MR) is 92.5 cm³/mol. The lowest BCUT2D eigenvalue weighted by Gasteiger charge is -2.17. The van der Waals surface area contributed by atoms with Crippen LogP contribution in [0.15, 0.2) is 48.5 Å². The van der Waals surface area contributed by atoms with Crippen molar-refractivity contribution in [2.75, 3.05) is 14.2 Å². The van der Waals surface area contributed by atoms with E-state index in [-0.39, 0.29) is 5.91 Å². The summed E-state index contributed by atoms with van der Waals surface area (Å²) in [5.74, 6) is 2.05. The number of ether oxygens (including phenoxy) is 3. The van der Waals surface area contributed by atoms with E-state index in [4.69, 9.17) is 14.2 Å². The van der Waals surface area contributed by atoms with Crippen molar-refractivity contribution in [1.82, 2.24) is 5.32 Å². The molecule has 0 aliphatic rings. The zero-order valence-electron chi connectivity index (χ0n) is 14.2. The average Bonchev–Trinajstić information content (AvgIpc) is 2.65. The molecule has 1 atom stereocenters. The molecular weight excluding hydrogens is 306 g/mol. The number of rotatable bonds is 8. The van der Waals surface area contributed by atoms with Crippen LogP contribution in [0, 0.1) is 0 Å². The summed E-state index contributed by atoms with van der Waals surface area (Å²) in [4.78, 5) is 12.3. The molecule has 0 fully saturated rings. The first-order chi connectivity index (χ1) is 11.7. The molecule has 1 amide bonds. The molecule has 0 aromatic heterocycles. The van der Waals surface area contributed by atoms with Gasteiger partial charge in [-0.2, -0.15) is 0 Å². The van der Waals surface area contributed by atoms with Gasteiger partial charge in [-0.25, -0.2) is 0 Å². The second-order valence-corrected chi connectivity index (χ2v) is 5.26. The van der Waals surface area contributed by atoms with Crippen molar-refractivity contribution in [3.05, 3.63) is 54.1 Å². The van der Waals surface area contributed by atoms with E-state index >= 15 is 0 Å². The third-order valence-electron chi connectivity index (χ3n) is 3.63. The van der Waals surface area contributed by atoms with Gasteiger partial charge in [0.2, 0.25) is 0 Å². The number of methoxy groups -OCH3 is 2. The van der Waals surface area contributed by atoms with Crippen LogP contribution in [0.4, 0.5) is 0 Å². The Balaban J connectivity index is 1.89.